The highest BCUT2D eigenvalue weighted by Gasteiger charge is 2.18. The van der Waals surface area contributed by atoms with Crippen LogP contribution in [0.1, 0.15) is 33.1 Å². The van der Waals surface area contributed by atoms with Gasteiger partial charge in [0.25, 0.3) is 0 Å². The van der Waals surface area contributed by atoms with Crippen molar-refractivity contribution < 1.29 is 4.42 Å². The Morgan fingerprint density at radius 3 is 3.00 bits per heavy atom. The monoisotopic (exact) mass is 289 g/mol. The summed E-state index contributed by atoms with van der Waals surface area (Å²) in [6.07, 6.45) is 3.56. The maximum atomic E-state index is 11.2. The molecule has 2 aromatic rings. The van der Waals surface area contributed by atoms with Crippen LogP contribution in [0.2, 0.25) is 0 Å². The number of aromatic amines is 1. The van der Waals surface area contributed by atoms with Crippen LogP contribution in [0.3, 0.4) is 0 Å². The van der Waals surface area contributed by atoms with E-state index in [0.29, 0.717) is 17.7 Å². The Bertz CT molecular complexity index is 659. The lowest BCUT2D eigenvalue weighted by Gasteiger charge is -2.24. The van der Waals surface area contributed by atoms with Gasteiger partial charge in [0, 0.05) is 24.3 Å². The van der Waals surface area contributed by atoms with E-state index in [0.717, 1.165) is 24.2 Å². The lowest BCUT2D eigenvalue weighted by Crippen LogP contribution is -2.32. The van der Waals surface area contributed by atoms with Crippen molar-refractivity contribution in [3.8, 4) is 0 Å². The van der Waals surface area contributed by atoms with Gasteiger partial charge in [0.05, 0.1) is 5.52 Å². The van der Waals surface area contributed by atoms with E-state index >= 15 is 0 Å². The number of nitrogens with zero attached hydrogens (tertiary/aromatic N) is 1. The Morgan fingerprint density at radius 2 is 2.19 bits per heavy atom. The first-order chi connectivity index (χ1) is 10.1. The Labute approximate surface area is 124 Å². The van der Waals surface area contributed by atoms with Crippen molar-refractivity contribution in [2.45, 2.75) is 45.2 Å². The quantitative estimate of drug-likeness (QED) is 0.912. The van der Waals surface area contributed by atoms with Crippen molar-refractivity contribution in [2.24, 2.45) is 0 Å². The molecular weight excluding hydrogens is 266 g/mol. The number of likely N-dealkylation sites (tertiary alicyclic amines) is 1. The lowest BCUT2D eigenvalue weighted by molar-refractivity contribution is 0.230. The first-order valence-corrected chi connectivity index (χ1v) is 7.75. The summed E-state index contributed by atoms with van der Waals surface area (Å²) in [6, 6.07) is 6.88. The molecule has 0 amide bonds. The summed E-state index contributed by atoms with van der Waals surface area (Å²) in [4.78, 5) is 16.4. The van der Waals surface area contributed by atoms with Crippen LogP contribution in [-0.2, 0) is 0 Å². The van der Waals surface area contributed by atoms with Crippen LogP contribution in [0.5, 0.6) is 0 Å². The van der Waals surface area contributed by atoms with E-state index in [1.54, 1.807) is 0 Å². The Kier molecular flexibility index (Phi) is 4.01. The minimum atomic E-state index is -0.399. The molecule has 1 fully saturated rings. The summed E-state index contributed by atoms with van der Waals surface area (Å²) < 4.78 is 5.03. The van der Waals surface area contributed by atoms with E-state index in [-0.39, 0.29) is 0 Å². The van der Waals surface area contributed by atoms with Crippen molar-refractivity contribution in [1.82, 2.24) is 9.88 Å². The van der Waals surface area contributed by atoms with Crippen molar-refractivity contribution in [1.29, 1.82) is 0 Å². The third-order valence-corrected chi connectivity index (χ3v) is 4.28. The second-order valence-electron chi connectivity index (χ2n) is 6.13. The molecule has 0 spiro atoms. The average molecular weight is 289 g/mol. The molecule has 1 atom stereocenters. The molecule has 5 nitrogen and oxygen atoms in total. The van der Waals surface area contributed by atoms with Gasteiger partial charge in [-0.3, -0.25) is 4.98 Å². The topological polar surface area (TPSA) is 61.3 Å². The van der Waals surface area contributed by atoms with Crippen LogP contribution in [0.4, 0.5) is 5.69 Å². The number of aromatic nitrogens is 1. The standard InChI is InChI=1S/C16H23N3O2/c1-11(2)19-8-3-4-12(7-9-19)17-13-5-6-15-14(10-13)18-16(20)21-15/h5-6,10-12,17H,3-4,7-9H2,1-2H3,(H,18,20). The number of H-pyrrole nitrogens is 1. The zero-order chi connectivity index (χ0) is 14.8. The summed E-state index contributed by atoms with van der Waals surface area (Å²) in [7, 11) is 0. The highest BCUT2D eigenvalue weighted by atomic mass is 16.4. The molecule has 1 saturated heterocycles. The largest absolute Gasteiger partial charge is 0.417 e. The van der Waals surface area contributed by atoms with Gasteiger partial charge in [-0.25, -0.2) is 4.79 Å². The number of hydrogen-bond acceptors (Lipinski definition) is 4. The van der Waals surface area contributed by atoms with Crippen molar-refractivity contribution >= 4 is 16.8 Å². The molecule has 0 radical (unpaired) electrons. The van der Waals surface area contributed by atoms with Gasteiger partial charge in [-0.2, -0.15) is 0 Å². The summed E-state index contributed by atoms with van der Waals surface area (Å²) in [6.45, 7) is 6.85. The minimum absolute atomic E-state index is 0.399. The third-order valence-electron chi connectivity index (χ3n) is 4.28. The van der Waals surface area contributed by atoms with E-state index in [1.165, 1.54) is 19.4 Å². The molecule has 1 aromatic carbocycles. The smallest absolute Gasteiger partial charge is 0.408 e. The fourth-order valence-corrected chi connectivity index (χ4v) is 3.06. The van der Waals surface area contributed by atoms with Crippen molar-refractivity contribution in [2.75, 3.05) is 18.4 Å². The summed E-state index contributed by atoms with van der Waals surface area (Å²) in [5, 5.41) is 3.59. The number of anilines is 1. The number of rotatable bonds is 3. The van der Waals surface area contributed by atoms with Crippen LogP contribution in [0, 0.1) is 0 Å². The molecule has 3 rings (SSSR count). The van der Waals surface area contributed by atoms with Gasteiger partial charge in [-0.15, -0.1) is 0 Å². The molecule has 0 saturated carbocycles. The zero-order valence-electron chi connectivity index (χ0n) is 12.7. The van der Waals surface area contributed by atoms with Crippen LogP contribution >= 0.6 is 0 Å². The van der Waals surface area contributed by atoms with Crippen LogP contribution < -0.4 is 11.1 Å². The number of benzene rings is 1. The minimum Gasteiger partial charge on any atom is -0.408 e. The van der Waals surface area contributed by atoms with Gasteiger partial charge < -0.3 is 14.6 Å². The summed E-state index contributed by atoms with van der Waals surface area (Å²) in [5.74, 6) is -0.399. The second-order valence-corrected chi connectivity index (χ2v) is 6.13. The van der Waals surface area contributed by atoms with Crippen molar-refractivity contribution in [3.63, 3.8) is 0 Å². The molecule has 2 heterocycles. The Morgan fingerprint density at radius 1 is 1.33 bits per heavy atom. The number of nitrogens with one attached hydrogen (secondary N) is 2. The first kappa shape index (κ1) is 14.2. The lowest BCUT2D eigenvalue weighted by atomic mass is 10.1. The maximum Gasteiger partial charge on any atom is 0.417 e. The summed E-state index contributed by atoms with van der Waals surface area (Å²) in [5.41, 5.74) is 2.40. The molecule has 0 bridgehead atoms. The molecule has 0 aliphatic carbocycles. The number of fused-ring (bicyclic) bond motifs is 1. The van der Waals surface area contributed by atoms with Gasteiger partial charge in [0.2, 0.25) is 0 Å². The summed E-state index contributed by atoms with van der Waals surface area (Å²) >= 11 is 0. The predicted octanol–water partition coefficient (Wildman–Crippen LogP) is 2.80. The normalized spacial score (nSPS) is 20.8. The van der Waals surface area contributed by atoms with E-state index in [1.807, 2.05) is 18.2 Å². The van der Waals surface area contributed by atoms with E-state index in [9.17, 15) is 4.79 Å². The van der Waals surface area contributed by atoms with Gasteiger partial charge >= 0.3 is 5.76 Å². The molecular formula is C16H23N3O2. The van der Waals surface area contributed by atoms with Crippen LogP contribution in [-0.4, -0.2) is 35.1 Å². The fraction of sp³-hybridized carbons (Fsp3) is 0.562. The van der Waals surface area contributed by atoms with E-state index < -0.39 is 5.76 Å². The Hall–Kier alpha value is -1.75. The molecule has 5 heteroatoms. The molecule has 114 valence electrons. The molecule has 1 aliphatic heterocycles. The molecule has 2 N–H and O–H groups in total. The van der Waals surface area contributed by atoms with Crippen LogP contribution in [0.15, 0.2) is 27.4 Å². The maximum absolute atomic E-state index is 11.2. The van der Waals surface area contributed by atoms with Crippen molar-refractivity contribution in [3.05, 3.63) is 28.7 Å². The van der Waals surface area contributed by atoms with Crippen LogP contribution in [0.25, 0.3) is 11.1 Å². The number of hydrogen-bond donors (Lipinski definition) is 2. The van der Waals surface area contributed by atoms with Gasteiger partial charge in [0.1, 0.15) is 0 Å². The predicted molar refractivity (Wildman–Crippen MR) is 84.8 cm³/mol. The highest BCUT2D eigenvalue weighted by molar-refractivity contribution is 5.76. The average Bonchev–Trinajstić information content (AvgIpc) is 2.65. The third kappa shape index (κ3) is 3.29. The molecule has 1 aliphatic rings. The van der Waals surface area contributed by atoms with Gasteiger partial charge in [0.15, 0.2) is 5.58 Å². The number of oxazole rings is 1. The van der Waals surface area contributed by atoms with E-state index in [2.05, 4.69) is 29.0 Å². The Balaban J connectivity index is 1.68. The van der Waals surface area contributed by atoms with Gasteiger partial charge in [-0.1, -0.05) is 0 Å². The first-order valence-electron chi connectivity index (χ1n) is 7.75. The molecule has 21 heavy (non-hydrogen) atoms. The molecule has 1 aromatic heterocycles. The van der Waals surface area contributed by atoms with Gasteiger partial charge in [-0.05, 0) is 57.9 Å². The molecule has 1 unspecified atom stereocenters. The zero-order valence-corrected chi connectivity index (χ0v) is 12.7. The van der Waals surface area contributed by atoms with E-state index in [4.69, 9.17) is 4.42 Å². The fourth-order valence-electron chi connectivity index (χ4n) is 3.06. The SMILES string of the molecule is CC(C)N1CCCC(Nc2ccc3oc(=O)[nH]c3c2)CC1. The second kappa shape index (κ2) is 5.93. The highest BCUT2D eigenvalue weighted by Crippen LogP contribution is 2.21.